The van der Waals surface area contributed by atoms with Crippen molar-refractivity contribution in [2.75, 3.05) is 12.4 Å². The van der Waals surface area contributed by atoms with Crippen LogP contribution in [0.4, 0.5) is 5.69 Å². The first-order valence-electron chi connectivity index (χ1n) is 5.82. The van der Waals surface area contributed by atoms with Gasteiger partial charge in [0.2, 0.25) is 0 Å². The van der Waals surface area contributed by atoms with Crippen molar-refractivity contribution in [2.45, 2.75) is 6.92 Å². The molecule has 0 saturated carbocycles. The van der Waals surface area contributed by atoms with Crippen molar-refractivity contribution in [3.63, 3.8) is 0 Å². The molecule has 98 valence electrons. The lowest BCUT2D eigenvalue weighted by molar-refractivity contribution is 0.102. The highest BCUT2D eigenvalue weighted by Crippen LogP contribution is 2.22. The van der Waals surface area contributed by atoms with Gasteiger partial charge in [-0.25, -0.2) is 0 Å². The normalized spacial score (nSPS) is 10.1. The predicted octanol–water partition coefficient (Wildman–Crippen LogP) is 3.86. The number of nitrogens with one attached hydrogen (secondary N) is 1. The zero-order chi connectivity index (χ0) is 13.8. The second-order valence-corrected chi connectivity index (χ2v) is 5.36. The molecular weight excluding hydrogens is 353 g/mol. The van der Waals surface area contributed by atoms with Gasteiger partial charge >= 0.3 is 0 Å². The van der Waals surface area contributed by atoms with E-state index in [1.807, 2.05) is 37.3 Å². The highest BCUT2D eigenvalue weighted by Gasteiger charge is 2.12. The van der Waals surface area contributed by atoms with E-state index in [1.54, 1.807) is 19.2 Å². The predicted molar refractivity (Wildman–Crippen MR) is 84.8 cm³/mol. The quantitative estimate of drug-likeness (QED) is 0.837. The molecule has 0 spiro atoms. The van der Waals surface area contributed by atoms with E-state index in [-0.39, 0.29) is 5.91 Å². The molecule has 4 heteroatoms. The van der Waals surface area contributed by atoms with Crippen LogP contribution in [0.15, 0.2) is 42.5 Å². The highest BCUT2D eigenvalue weighted by molar-refractivity contribution is 14.1. The molecule has 0 unspecified atom stereocenters. The third kappa shape index (κ3) is 3.26. The van der Waals surface area contributed by atoms with E-state index in [1.165, 1.54) is 0 Å². The molecule has 0 aromatic heterocycles. The largest absolute Gasteiger partial charge is 0.496 e. The Morgan fingerprint density at radius 2 is 1.95 bits per heavy atom. The lowest BCUT2D eigenvalue weighted by Crippen LogP contribution is -2.13. The van der Waals surface area contributed by atoms with Crippen LogP contribution in [0.25, 0.3) is 0 Å². The van der Waals surface area contributed by atoms with Crippen molar-refractivity contribution in [3.05, 3.63) is 57.2 Å². The van der Waals surface area contributed by atoms with Crippen LogP contribution in [0.5, 0.6) is 5.75 Å². The Hall–Kier alpha value is -1.56. The Morgan fingerprint density at radius 1 is 1.21 bits per heavy atom. The molecule has 0 aliphatic heterocycles. The fourth-order valence-corrected chi connectivity index (χ4v) is 2.44. The van der Waals surface area contributed by atoms with Crippen LogP contribution in [-0.4, -0.2) is 13.0 Å². The van der Waals surface area contributed by atoms with Crippen molar-refractivity contribution < 1.29 is 9.53 Å². The van der Waals surface area contributed by atoms with E-state index in [0.29, 0.717) is 11.3 Å². The van der Waals surface area contributed by atoms with Gasteiger partial charge < -0.3 is 10.1 Å². The first-order chi connectivity index (χ1) is 9.11. The van der Waals surface area contributed by atoms with Crippen LogP contribution in [-0.2, 0) is 0 Å². The number of amides is 1. The molecule has 2 aromatic rings. The van der Waals surface area contributed by atoms with Crippen molar-refractivity contribution in [3.8, 4) is 5.75 Å². The third-order valence-electron chi connectivity index (χ3n) is 2.79. The lowest BCUT2D eigenvalue weighted by atomic mass is 10.1. The number of ether oxygens (including phenoxy) is 1. The number of aryl methyl sites for hydroxylation is 1. The molecule has 1 amide bonds. The third-order valence-corrected chi connectivity index (χ3v) is 3.46. The van der Waals surface area contributed by atoms with E-state index in [2.05, 4.69) is 27.9 Å². The van der Waals surface area contributed by atoms with Crippen LogP contribution >= 0.6 is 22.6 Å². The summed E-state index contributed by atoms with van der Waals surface area (Å²) in [7, 11) is 1.56. The molecule has 3 nitrogen and oxygen atoms in total. The van der Waals surface area contributed by atoms with Crippen LogP contribution in [0.1, 0.15) is 15.9 Å². The number of para-hydroxylation sites is 1. The van der Waals surface area contributed by atoms with Crippen molar-refractivity contribution >= 4 is 34.2 Å². The Balaban J connectivity index is 2.26. The van der Waals surface area contributed by atoms with Gasteiger partial charge in [0.1, 0.15) is 5.75 Å². The second-order valence-electron chi connectivity index (χ2n) is 4.11. The van der Waals surface area contributed by atoms with E-state index >= 15 is 0 Å². The molecule has 0 bridgehead atoms. The van der Waals surface area contributed by atoms with Crippen LogP contribution in [0.2, 0.25) is 0 Å². The smallest absolute Gasteiger partial charge is 0.259 e. The van der Waals surface area contributed by atoms with Gasteiger partial charge in [-0.3, -0.25) is 4.79 Å². The van der Waals surface area contributed by atoms with E-state index in [0.717, 1.165) is 14.8 Å². The molecule has 19 heavy (non-hydrogen) atoms. The maximum Gasteiger partial charge on any atom is 0.259 e. The number of halogens is 1. The van der Waals surface area contributed by atoms with Gasteiger partial charge in [-0.1, -0.05) is 12.1 Å². The van der Waals surface area contributed by atoms with Crippen molar-refractivity contribution in [1.29, 1.82) is 0 Å². The maximum absolute atomic E-state index is 12.2. The van der Waals surface area contributed by atoms with Gasteiger partial charge in [0.25, 0.3) is 5.91 Å². The Morgan fingerprint density at radius 3 is 2.63 bits per heavy atom. The van der Waals surface area contributed by atoms with Gasteiger partial charge in [0.05, 0.1) is 12.7 Å². The maximum atomic E-state index is 12.2. The summed E-state index contributed by atoms with van der Waals surface area (Å²) in [5, 5.41) is 2.91. The number of hydrogen-bond acceptors (Lipinski definition) is 2. The van der Waals surface area contributed by atoms with Gasteiger partial charge in [-0.2, -0.15) is 0 Å². The highest BCUT2D eigenvalue weighted by atomic mass is 127. The standard InChI is InChI=1S/C15H14INO2/c1-10-9-11(16)7-8-13(10)17-15(18)12-5-3-4-6-14(12)19-2/h3-9H,1-2H3,(H,17,18). The second kappa shape index (κ2) is 6.06. The monoisotopic (exact) mass is 367 g/mol. The van der Waals surface area contributed by atoms with Gasteiger partial charge in [-0.05, 0) is 65.4 Å². The summed E-state index contributed by atoms with van der Waals surface area (Å²) in [6.45, 7) is 1.97. The fraction of sp³-hybridized carbons (Fsp3) is 0.133. The zero-order valence-electron chi connectivity index (χ0n) is 10.7. The first-order valence-corrected chi connectivity index (χ1v) is 6.90. The number of anilines is 1. The molecule has 0 atom stereocenters. The number of rotatable bonds is 3. The molecule has 0 heterocycles. The fourth-order valence-electron chi connectivity index (χ4n) is 1.79. The topological polar surface area (TPSA) is 38.3 Å². The minimum atomic E-state index is -0.165. The van der Waals surface area contributed by atoms with Gasteiger partial charge in [-0.15, -0.1) is 0 Å². The Bertz CT molecular complexity index is 611. The number of hydrogen-bond donors (Lipinski definition) is 1. The minimum Gasteiger partial charge on any atom is -0.496 e. The van der Waals surface area contributed by atoms with E-state index < -0.39 is 0 Å². The van der Waals surface area contributed by atoms with E-state index in [4.69, 9.17) is 4.74 Å². The lowest BCUT2D eigenvalue weighted by Gasteiger charge is -2.11. The number of carbonyl (C=O) groups excluding carboxylic acids is 1. The Labute approximate surface area is 126 Å². The summed E-state index contributed by atoms with van der Waals surface area (Å²) < 4.78 is 6.34. The molecule has 2 rings (SSSR count). The zero-order valence-corrected chi connectivity index (χ0v) is 12.9. The summed E-state index contributed by atoms with van der Waals surface area (Å²) >= 11 is 2.25. The summed E-state index contributed by atoms with van der Waals surface area (Å²) in [6.07, 6.45) is 0. The number of methoxy groups -OCH3 is 1. The van der Waals surface area contributed by atoms with Crippen LogP contribution < -0.4 is 10.1 Å². The van der Waals surface area contributed by atoms with Crippen molar-refractivity contribution in [2.24, 2.45) is 0 Å². The summed E-state index contributed by atoms with van der Waals surface area (Å²) in [5.41, 5.74) is 2.38. The Kier molecular flexibility index (Phi) is 4.42. The molecule has 2 aromatic carbocycles. The van der Waals surface area contributed by atoms with Gasteiger partial charge in [0.15, 0.2) is 0 Å². The van der Waals surface area contributed by atoms with Gasteiger partial charge in [0, 0.05) is 9.26 Å². The van der Waals surface area contributed by atoms with Crippen LogP contribution in [0.3, 0.4) is 0 Å². The molecular formula is C15H14INO2. The molecule has 0 aliphatic carbocycles. The number of benzene rings is 2. The average molecular weight is 367 g/mol. The van der Waals surface area contributed by atoms with Crippen molar-refractivity contribution in [1.82, 2.24) is 0 Å². The first kappa shape index (κ1) is 13.9. The van der Waals surface area contributed by atoms with E-state index in [9.17, 15) is 4.79 Å². The molecule has 0 radical (unpaired) electrons. The summed E-state index contributed by atoms with van der Waals surface area (Å²) in [5.74, 6) is 0.407. The molecule has 0 aliphatic rings. The molecule has 1 N–H and O–H groups in total. The van der Waals surface area contributed by atoms with Crippen LogP contribution in [0, 0.1) is 10.5 Å². The summed E-state index contributed by atoms with van der Waals surface area (Å²) in [6, 6.07) is 13.1. The minimum absolute atomic E-state index is 0.165. The SMILES string of the molecule is COc1ccccc1C(=O)Nc1ccc(I)cc1C. The molecule has 0 saturated heterocycles. The number of carbonyl (C=O) groups is 1. The molecule has 0 fully saturated rings. The average Bonchev–Trinajstić information content (AvgIpc) is 2.41. The summed E-state index contributed by atoms with van der Waals surface area (Å²) in [4.78, 5) is 12.2.